The summed E-state index contributed by atoms with van der Waals surface area (Å²) in [5, 5.41) is 20.1. The van der Waals surface area contributed by atoms with Crippen LogP contribution in [-0.2, 0) is 14.8 Å². The zero-order valence-electron chi connectivity index (χ0n) is 11.8. The number of rotatable bonds is 7. The third-order valence-corrected chi connectivity index (χ3v) is 4.72. The van der Waals surface area contributed by atoms with Crippen LogP contribution in [0, 0.1) is 16.0 Å². The van der Waals surface area contributed by atoms with Gasteiger partial charge in [-0.1, -0.05) is 29.8 Å². The normalized spacial score (nSPS) is 13.1. The number of nitrogens with zero attached hydrogens (tertiary/aromatic N) is 1. The third-order valence-electron chi connectivity index (χ3n) is 2.71. The predicted octanol–water partition coefficient (Wildman–Crippen LogP) is 2.13. The van der Waals surface area contributed by atoms with Crippen molar-refractivity contribution in [3.63, 3.8) is 0 Å². The minimum absolute atomic E-state index is 0.0660. The average molecular weight is 395 g/mol. The number of carboxylic acid groups (broad SMARTS) is 1. The van der Waals surface area contributed by atoms with Gasteiger partial charge in [0.15, 0.2) is 4.90 Å². The van der Waals surface area contributed by atoms with Gasteiger partial charge in [0.1, 0.15) is 6.04 Å². The van der Waals surface area contributed by atoms with E-state index >= 15 is 0 Å². The maximum Gasteiger partial charge on any atom is 0.321 e. The summed E-state index contributed by atoms with van der Waals surface area (Å²) in [4.78, 5) is 20.7. The van der Waals surface area contributed by atoms with E-state index in [1.807, 2.05) is 4.72 Å². The zero-order valence-corrected chi connectivity index (χ0v) is 14.2. The molecule has 22 heavy (non-hydrogen) atoms. The number of benzene rings is 1. The van der Waals surface area contributed by atoms with Gasteiger partial charge in [-0.05, 0) is 24.5 Å². The van der Waals surface area contributed by atoms with Crippen molar-refractivity contribution < 1.29 is 23.2 Å². The Bertz CT molecular complexity index is 689. The van der Waals surface area contributed by atoms with Crippen molar-refractivity contribution in [2.24, 2.45) is 5.92 Å². The maximum atomic E-state index is 12.3. The van der Waals surface area contributed by atoms with Crippen molar-refractivity contribution in [1.29, 1.82) is 0 Å². The number of hydrogen-bond donors (Lipinski definition) is 2. The van der Waals surface area contributed by atoms with Crippen LogP contribution in [0.4, 0.5) is 5.69 Å². The molecule has 122 valence electrons. The first kappa shape index (κ1) is 18.5. The lowest BCUT2D eigenvalue weighted by Crippen LogP contribution is -2.41. The van der Waals surface area contributed by atoms with Gasteiger partial charge in [-0.15, -0.1) is 0 Å². The van der Waals surface area contributed by atoms with Crippen LogP contribution >= 0.6 is 15.9 Å². The number of aliphatic carboxylic acids is 1. The van der Waals surface area contributed by atoms with Gasteiger partial charge in [0.25, 0.3) is 5.69 Å². The lowest BCUT2D eigenvalue weighted by atomic mass is 10.1. The number of nitrogens with one attached hydrogen (secondary N) is 1. The number of hydrogen-bond acceptors (Lipinski definition) is 5. The van der Waals surface area contributed by atoms with Crippen LogP contribution in [-0.4, -0.2) is 30.5 Å². The average Bonchev–Trinajstić information content (AvgIpc) is 2.36. The molecule has 1 rings (SSSR count). The van der Waals surface area contributed by atoms with Gasteiger partial charge in [0.05, 0.1) is 4.92 Å². The Morgan fingerprint density at radius 1 is 1.45 bits per heavy atom. The van der Waals surface area contributed by atoms with E-state index in [0.717, 1.165) is 12.1 Å². The van der Waals surface area contributed by atoms with E-state index in [0.29, 0.717) is 4.47 Å². The monoisotopic (exact) mass is 394 g/mol. The number of nitro groups is 1. The van der Waals surface area contributed by atoms with Crippen molar-refractivity contribution in [2.45, 2.75) is 31.2 Å². The maximum absolute atomic E-state index is 12.3. The van der Waals surface area contributed by atoms with E-state index in [1.54, 1.807) is 13.8 Å². The first-order valence-corrected chi connectivity index (χ1v) is 8.51. The van der Waals surface area contributed by atoms with E-state index in [4.69, 9.17) is 5.11 Å². The van der Waals surface area contributed by atoms with Gasteiger partial charge >= 0.3 is 5.97 Å². The summed E-state index contributed by atoms with van der Waals surface area (Å²) < 4.78 is 26.9. The first-order chi connectivity index (χ1) is 10.0. The van der Waals surface area contributed by atoms with E-state index in [-0.39, 0.29) is 12.3 Å². The second-order valence-electron chi connectivity index (χ2n) is 5.01. The van der Waals surface area contributed by atoms with Crippen LogP contribution in [0.2, 0.25) is 0 Å². The minimum Gasteiger partial charge on any atom is -0.480 e. The highest BCUT2D eigenvalue weighted by Gasteiger charge is 2.31. The largest absolute Gasteiger partial charge is 0.480 e. The molecule has 0 saturated carbocycles. The molecule has 0 radical (unpaired) electrons. The number of carboxylic acids is 1. The second-order valence-corrected chi connectivity index (χ2v) is 7.61. The highest BCUT2D eigenvalue weighted by molar-refractivity contribution is 9.10. The Morgan fingerprint density at radius 2 is 2.05 bits per heavy atom. The van der Waals surface area contributed by atoms with Crippen LogP contribution in [0.5, 0.6) is 0 Å². The molecule has 1 aromatic carbocycles. The number of halogens is 1. The molecule has 10 heteroatoms. The quantitative estimate of drug-likeness (QED) is 0.538. The zero-order chi connectivity index (χ0) is 17.1. The Balaban J connectivity index is 3.24. The SMILES string of the molecule is CC(C)C[C@@H](NS(=O)(=O)c1ccc(Br)cc1[N+](=O)[O-])C(=O)O. The molecule has 0 aliphatic rings. The third kappa shape index (κ3) is 4.75. The van der Waals surface area contributed by atoms with Crippen LogP contribution < -0.4 is 4.72 Å². The van der Waals surface area contributed by atoms with Crippen molar-refractivity contribution in [3.05, 3.63) is 32.8 Å². The highest BCUT2D eigenvalue weighted by atomic mass is 79.9. The summed E-state index contributed by atoms with van der Waals surface area (Å²) in [6.07, 6.45) is 0.0683. The molecule has 8 nitrogen and oxygen atoms in total. The molecule has 0 spiro atoms. The van der Waals surface area contributed by atoms with Gasteiger partial charge in [0.2, 0.25) is 10.0 Å². The molecule has 1 aromatic rings. The second kappa shape index (κ2) is 7.16. The number of sulfonamides is 1. The van der Waals surface area contributed by atoms with Crippen molar-refractivity contribution in [1.82, 2.24) is 4.72 Å². The number of carbonyl (C=O) groups is 1. The van der Waals surface area contributed by atoms with E-state index in [1.165, 1.54) is 6.07 Å². The molecule has 0 amide bonds. The minimum atomic E-state index is -4.34. The summed E-state index contributed by atoms with van der Waals surface area (Å²) >= 11 is 3.02. The molecule has 0 aliphatic heterocycles. The van der Waals surface area contributed by atoms with Crippen LogP contribution in [0.15, 0.2) is 27.6 Å². The molecule has 0 fully saturated rings. The van der Waals surface area contributed by atoms with E-state index in [9.17, 15) is 23.3 Å². The van der Waals surface area contributed by atoms with Gasteiger partial charge < -0.3 is 5.11 Å². The topological polar surface area (TPSA) is 127 Å². The lowest BCUT2D eigenvalue weighted by Gasteiger charge is -2.16. The molecular weight excluding hydrogens is 380 g/mol. The molecular formula is C12H15BrN2O6S. The standard InChI is InChI=1S/C12H15BrN2O6S/c1-7(2)5-9(12(16)17)14-22(20,21)11-4-3-8(13)6-10(11)15(18)19/h3-4,6-7,9,14H,5H2,1-2H3,(H,16,17)/t9-/m1/s1. The van der Waals surface area contributed by atoms with Crippen molar-refractivity contribution in [2.75, 3.05) is 0 Å². The summed E-state index contributed by atoms with van der Waals surface area (Å²) in [5.41, 5.74) is -0.629. The molecule has 0 heterocycles. The Morgan fingerprint density at radius 3 is 2.50 bits per heavy atom. The molecule has 2 N–H and O–H groups in total. The lowest BCUT2D eigenvalue weighted by molar-refractivity contribution is -0.387. The summed E-state index contributed by atoms with van der Waals surface area (Å²) in [7, 11) is -4.34. The molecule has 0 unspecified atom stereocenters. The van der Waals surface area contributed by atoms with Gasteiger partial charge in [-0.25, -0.2) is 8.42 Å². The molecule has 0 aliphatic carbocycles. The van der Waals surface area contributed by atoms with Crippen molar-refractivity contribution >= 4 is 37.6 Å². The number of nitro benzene ring substituents is 1. The smallest absolute Gasteiger partial charge is 0.321 e. The van der Waals surface area contributed by atoms with Crippen LogP contribution in [0.25, 0.3) is 0 Å². The molecule has 0 aromatic heterocycles. The van der Waals surface area contributed by atoms with Crippen LogP contribution in [0.1, 0.15) is 20.3 Å². The van der Waals surface area contributed by atoms with Gasteiger partial charge in [0, 0.05) is 10.5 Å². The van der Waals surface area contributed by atoms with E-state index in [2.05, 4.69) is 15.9 Å². The fourth-order valence-corrected chi connectivity index (χ4v) is 3.49. The van der Waals surface area contributed by atoms with Gasteiger partial charge in [-0.2, -0.15) is 4.72 Å². The Labute approximate surface area is 135 Å². The Hall–Kier alpha value is -1.52. The Kier molecular flexibility index (Phi) is 6.03. The molecule has 1 atom stereocenters. The summed E-state index contributed by atoms with van der Waals surface area (Å²) in [6, 6.07) is 2.08. The van der Waals surface area contributed by atoms with Gasteiger partial charge in [-0.3, -0.25) is 14.9 Å². The fourth-order valence-electron chi connectivity index (χ4n) is 1.78. The summed E-state index contributed by atoms with van der Waals surface area (Å²) in [5.74, 6) is -1.40. The van der Waals surface area contributed by atoms with Crippen molar-refractivity contribution in [3.8, 4) is 0 Å². The van der Waals surface area contributed by atoms with E-state index < -0.39 is 37.5 Å². The van der Waals surface area contributed by atoms with Crippen LogP contribution in [0.3, 0.4) is 0 Å². The molecule has 0 bridgehead atoms. The molecule has 0 saturated heterocycles. The first-order valence-electron chi connectivity index (χ1n) is 6.23. The predicted molar refractivity (Wildman–Crippen MR) is 82.0 cm³/mol. The summed E-state index contributed by atoms with van der Waals surface area (Å²) in [6.45, 7) is 3.48. The fraction of sp³-hybridized carbons (Fsp3) is 0.417. The highest BCUT2D eigenvalue weighted by Crippen LogP contribution is 2.27.